The van der Waals surface area contributed by atoms with Gasteiger partial charge in [0.05, 0.1) is 0 Å². The SMILES string of the molecule is CCCN(C(=O)C(C)Cc1ccccc1F)C1CCNCC1. The molecule has 1 aromatic carbocycles. The molecule has 0 aliphatic carbocycles. The van der Waals surface area contributed by atoms with E-state index in [1.165, 1.54) is 6.07 Å². The van der Waals surface area contributed by atoms with Gasteiger partial charge in [0.1, 0.15) is 5.82 Å². The molecule has 1 N–H and O–H groups in total. The number of piperidine rings is 1. The van der Waals surface area contributed by atoms with Gasteiger partial charge in [0.25, 0.3) is 0 Å². The minimum absolute atomic E-state index is 0.164. The van der Waals surface area contributed by atoms with Crippen LogP contribution in [0.2, 0.25) is 0 Å². The first-order valence-corrected chi connectivity index (χ1v) is 8.38. The summed E-state index contributed by atoms with van der Waals surface area (Å²) in [5.41, 5.74) is 0.630. The van der Waals surface area contributed by atoms with Gasteiger partial charge in [0.2, 0.25) is 5.91 Å². The molecule has 1 aliphatic heterocycles. The third-order valence-electron chi connectivity index (χ3n) is 4.40. The van der Waals surface area contributed by atoms with Crippen LogP contribution < -0.4 is 5.32 Å². The Labute approximate surface area is 132 Å². The van der Waals surface area contributed by atoms with Crippen LogP contribution in [0, 0.1) is 11.7 Å². The second kappa shape index (κ2) is 8.28. The fourth-order valence-electron chi connectivity index (χ4n) is 3.20. The summed E-state index contributed by atoms with van der Waals surface area (Å²) in [5.74, 6) is -0.235. The van der Waals surface area contributed by atoms with Crippen LogP contribution in [0.4, 0.5) is 4.39 Å². The lowest BCUT2D eigenvalue weighted by Crippen LogP contribution is -2.48. The van der Waals surface area contributed by atoms with Crippen LogP contribution in [-0.2, 0) is 11.2 Å². The standard InChI is InChI=1S/C18H27FN2O/c1-3-12-21(16-8-10-20-11-9-16)18(22)14(2)13-15-6-4-5-7-17(15)19/h4-7,14,16,20H,3,8-13H2,1-2H3. The van der Waals surface area contributed by atoms with Gasteiger partial charge in [0, 0.05) is 18.5 Å². The minimum Gasteiger partial charge on any atom is -0.339 e. The largest absolute Gasteiger partial charge is 0.339 e. The zero-order valence-corrected chi connectivity index (χ0v) is 13.6. The van der Waals surface area contributed by atoms with Gasteiger partial charge >= 0.3 is 0 Å². The molecule has 1 fully saturated rings. The van der Waals surface area contributed by atoms with Crippen molar-refractivity contribution in [2.24, 2.45) is 5.92 Å². The summed E-state index contributed by atoms with van der Waals surface area (Å²) in [6.45, 7) is 6.76. The molecule has 4 heteroatoms. The summed E-state index contributed by atoms with van der Waals surface area (Å²) in [7, 11) is 0. The number of carbonyl (C=O) groups is 1. The first-order chi connectivity index (χ1) is 10.6. The Kier molecular flexibility index (Phi) is 6.37. The summed E-state index contributed by atoms with van der Waals surface area (Å²) in [5, 5.41) is 3.34. The molecule has 0 aromatic heterocycles. The second-order valence-corrected chi connectivity index (χ2v) is 6.21. The number of amides is 1. The van der Waals surface area contributed by atoms with E-state index in [-0.39, 0.29) is 17.6 Å². The van der Waals surface area contributed by atoms with Crippen molar-refractivity contribution in [1.29, 1.82) is 0 Å². The molecule has 2 rings (SSSR count). The van der Waals surface area contributed by atoms with Crippen molar-refractivity contribution in [3.05, 3.63) is 35.6 Å². The summed E-state index contributed by atoms with van der Waals surface area (Å²) in [6, 6.07) is 7.07. The van der Waals surface area contributed by atoms with Crippen LogP contribution >= 0.6 is 0 Å². The average molecular weight is 306 g/mol. The molecule has 1 amide bonds. The first kappa shape index (κ1) is 16.9. The number of hydrogen-bond donors (Lipinski definition) is 1. The molecular weight excluding hydrogens is 279 g/mol. The fourth-order valence-corrected chi connectivity index (χ4v) is 3.20. The molecule has 22 heavy (non-hydrogen) atoms. The first-order valence-electron chi connectivity index (χ1n) is 8.38. The highest BCUT2D eigenvalue weighted by atomic mass is 19.1. The topological polar surface area (TPSA) is 32.3 Å². The molecule has 3 nitrogen and oxygen atoms in total. The Morgan fingerprint density at radius 3 is 2.68 bits per heavy atom. The van der Waals surface area contributed by atoms with E-state index in [4.69, 9.17) is 0 Å². The van der Waals surface area contributed by atoms with Gasteiger partial charge in [-0.2, -0.15) is 0 Å². The highest BCUT2D eigenvalue weighted by molar-refractivity contribution is 5.79. The molecule has 1 aliphatic rings. The van der Waals surface area contributed by atoms with Crippen molar-refractivity contribution in [1.82, 2.24) is 10.2 Å². The maximum Gasteiger partial charge on any atom is 0.225 e. The zero-order valence-electron chi connectivity index (χ0n) is 13.6. The lowest BCUT2D eigenvalue weighted by molar-refractivity contribution is -0.138. The molecule has 1 unspecified atom stereocenters. The van der Waals surface area contributed by atoms with Gasteiger partial charge in [-0.25, -0.2) is 4.39 Å². The van der Waals surface area contributed by atoms with E-state index >= 15 is 0 Å². The third kappa shape index (κ3) is 4.29. The fraction of sp³-hybridized carbons (Fsp3) is 0.611. The predicted octanol–water partition coefficient (Wildman–Crippen LogP) is 2.99. The second-order valence-electron chi connectivity index (χ2n) is 6.21. The Hall–Kier alpha value is -1.42. The average Bonchev–Trinajstić information content (AvgIpc) is 2.55. The number of hydrogen-bond acceptors (Lipinski definition) is 2. The Bertz CT molecular complexity index is 486. The van der Waals surface area contributed by atoms with Crippen LogP contribution in [0.1, 0.15) is 38.7 Å². The van der Waals surface area contributed by atoms with Gasteiger partial charge < -0.3 is 10.2 Å². The minimum atomic E-state index is -0.217. The van der Waals surface area contributed by atoms with E-state index in [1.54, 1.807) is 12.1 Å². The molecule has 1 aromatic rings. The van der Waals surface area contributed by atoms with E-state index in [0.717, 1.165) is 38.9 Å². The maximum absolute atomic E-state index is 13.8. The monoisotopic (exact) mass is 306 g/mol. The van der Waals surface area contributed by atoms with Gasteiger partial charge in [-0.15, -0.1) is 0 Å². The lowest BCUT2D eigenvalue weighted by Gasteiger charge is -2.36. The molecule has 1 saturated heterocycles. The molecule has 122 valence electrons. The van der Waals surface area contributed by atoms with Crippen molar-refractivity contribution in [3.8, 4) is 0 Å². The number of nitrogens with zero attached hydrogens (tertiary/aromatic N) is 1. The predicted molar refractivity (Wildman–Crippen MR) is 87.2 cm³/mol. The highest BCUT2D eigenvalue weighted by Gasteiger charge is 2.28. The smallest absolute Gasteiger partial charge is 0.225 e. The van der Waals surface area contributed by atoms with Crippen molar-refractivity contribution in [3.63, 3.8) is 0 Å². The maximum atomic E-state index is 13.8. The Morgan fingerprint density at radius 2 is 2.05 bits per heavy atom. The van der Waals surface area contributed by atoms with E-state index in [2.05, 4.69) is 12.2 Å². The summed E-state index contributed by atoms with van der Waals surface area (Å²) in [6.07, 6.45) is 3.45. The molecule has 1 heterocycles. The molecule has 0 saturated carbocycles. The van der Waals surface area contributed by atoms with Gasteiger partial charge in [-0.3, -0.25) is 4.79 Å². The van der Waals surface area contributed by atoms with E-state index in [0.29, 0.717) is 18.0 Å². The molecule has 0 spiro atoms. The lowest BCUT2D eigenvalue weighted by atomic mass is 9.96. The van der Waals surface area contributed by atoms with Crippen LogP contribution in [0.25, 0.3) is 0 Å². The van der Waals surface area contributed by atoms with Gasteiger partial charge in [-0.05, 0) is 50.4 Å². The molecule has 0 bridgehead atoms. The van der Waals surface area contributed by atoms with Crippen molar-refractivity contribution in [2.45, 2.75) is 45.6 Å². The molecular formula is C18H27FN2O. The summed E-state index contributed by atoms with van der Waals surface area (Å²) in [4.78, 5) is 14.9. The third-order valence-corrected chi connectivity index (χ3v) is 4.40. The number of benzene rings is 1. The van der Waals surface area contributed by atoms with E-state index in [9.17, 15) is 9.18 Å². The van der Waals surface area contributed by atoms with Crippen LogP contribution in [-0.4, -0.2) is 36.5 Å². The van der Waals surface area contributed by atoms with Crippen LogP contribution in [0.3, 0.4) is 0 Å². The van der Waals surface area contributed by atoms with E-state index in [1.807, 2.05) is 17.9 Å². The number of halogens is 1. The zero-order chi connectivity index (χ0) is 15.9. The summed E-state index contributed by atoms with van der Waals surface area (Å²) >= 11 is 0. The number of nitrogens with one attached hydrogen (secondary N) is 1. The van der Waals surface area contributed by atoms with Crippen LogP contribution in [0.15, 0.2) is 24.3 Å². The van der Waals surface area contributed by atoms with Crippen molar-refractivity contribution < 1.29 is 9.18 Å². The van der Waals surface area contributed by atoms with Crippen molar-refractivity contribution in [2.75, 3.05) is 19.6 Å². The Balaban J connectivity index is 2.03. The number of rotatable bonds is 6. The van der Waals surface area contributed by atoms with Gasteiger partial charge in [-0.1, -0.05) is 32.0 Å². The van der Waals surface area contributed by atoms with E-state index < -0.39 is 0 Å². The Morgan fingerprint density at radius 1 is 1.36 bits per heavy atom. The summed E-state index contributed by atoms with van der Waals surface area (Å²) < 4.78 is 13.8. The number of carbonyl (C=O) groups excluding carboxylic acids is 1. The highest BCUT2D eigenvalue weighted by Crippen LogP contribution is 2.19. The van der Waals surface area contributed by atoms with Gasteiger partial charge in [0.15, 0.2) is 0 Å². The van der Waals surface area contributed by atoms with Crippen LogP contribution in [0.5, 0.6) is 0 Å². The quantitative estimate of drug-likeness (QED) is 0.876. The van der Waals surface area contributed by atoms with Crippen molar-refractivity contribution >= 4 is 5.91 Å². The molecule has 1 atom stereocenters. The molecule has 0 radical (unpaired) electrons. The normalized spacial score (nSPS) is 17.2.